The number of likely N-dealkylation sites (tertiary alicyclic amines) is 1. The number of nitrogens with one attached hydrogen (secondary N) is 2. The summed E-state index contributed by atoms with van der Waals surface area (Å²) >= 11 is 0. The Bertz CT molecular complexity index is 1440. The van der Waals surface area contributed by atoms with Crippen LogP contribution in [-0.4, -0.2) is 74.9 Å². The lowest BCUT2D eigenvalue weighted by Gasteiger charge is -2.33. The second kappa shape index (κ2) is 12.7. The third-order valence-corrected chi connectivity index (χ3v) is 6.82. The SMILES string of the molecule is COc1ccc2nccc([C@@H](O)CN3CCC(NCc4[nH]c5ccccc5c4F)CC3)c2c1.O=C(O)C(=O)O. The van der Waals surface area contributed by atoms with Crippen molar-refractivity contribution in [3.8, 4) is 5.75 Å². The number of carbonyl (C=O) groups is 2. The van der Waals surface area contributed by atoms with Crippen molar-refractivity contribution < 1.29 is 34.0 Å². The summed E-state index contributed by atoms with van der Waals surface area (Å²) < 4.78 is 19.9. The zero-order valence-corrected chi connectivity index (χ0v) is 21.4. The Labute approximate surface area is 224 Å². The molecule has 206 valence electrons. The van der Waals surface area contributed by atoms with Gasteiger partial charge in [0.05, 0.1) is 24.4 Å². The molecule has 5 rings (SSSR count). The van der Waals surface area contributed by atoms with Crippen molar-refractivity contribution >= 4 is 33.7 Å². The first-order valence-electron chi connectivity index (χ1n) is 12.5. The molecule has 1 aliphatic heterocycles. The summed E-state index contributed by atoms with van der Waals surface area (Å²) in [5.74, 6) is -3.06. The number of ether oxygens (including phenoxy) is 1. The molecule has 0 radical (unpaired) electrons. The minimum atomic E-state index is -1.82. The van der Waals surface area contributed by atoms with Gasteiger partial charge < -0.3 is 35.3 Å². The Morgan fingerprint density at radius 3 is 2.51 bits per heavy atom. The number of aliphatic carboxylic acids is 2. The number of halogens is 1. The number of methoxy groups -OCH3 is 1. The number of aromatic nitrogens is 2. The minimum Gasteiger partial charge on any atom is -0.497 e. The van der Waals surface area contributed by atoms with E-state index in [0.29, 0.717) is 30.2 Å². The summed E-state index contributed by atoms with van der Waals surface area (Å²) in [4.78, 5) is 28.1. The molecule has 1 atom stereocenters. The van der Waals surface area contributed by atoms with Crippen LogP contribution in [0.3, 0.4) is 0 Å². The molecule has 11 heteroatoms. The normalized spacial score (nSPS) is 15.1. The van der Waals surface area contributed by atoms with Crippen LogP contribution in [0.2, 0.25) is 0 Å². The van der Waals surface area contributed by atoms with Gasteiger partial charge in [0.25, 0.3) is 0 Å². The van der Waals surface area contributed by atoms with E-state index in [2.05, 4.69) is 20.2 Å². The molecule has 1 saturated heterocycles. The Balaban J connectivity index is 0.000000531. The minimum absolute atomic E-state index is 0.167. The van der Waals surface area contributed by atoms with Gasteiger partial charge in [-0.25, -0.2) is 14.0 Å². The van der Waals surface area contributed by atoms with E-state index in [1.54, 1.807) is 19.4 Å². The number of aliphatic hydroxyl groups excluding tert-OH is 1. The van der Waals surface area contributed by atoms with E-state index in [9.17, 15) is 9.50 Å². The lowest BCUT2D eigenvalue weighted by Crippen LogP contribution is -2.43. The molecule has 5 N–H and O–H groups in total. The molecule has 1 aliphatic rings. The summed E-state index contributed by atoms with van der Waals surface area (Å²) in [6.07, 6.45) is 3.05. The average molecular weight is 539 g/mol. The van der Waals surface area contributed by atoms with Crippen molar-refractivity contribution in [3.05, 3.63) is 71.8 Å². The Hall–Kier alpha value is -4.06. The zero-order valence-electron chi connectivity index (χ0n) is 21.4. The molecular formula is C28H31FN4O6. The van der Waals surface area contributed by atoms with Crippen LogP contribution >= 0.6 is 0 Å². The van der Waals surface area contributed by atoms with Gasteiger partial charge in [0.1, 0.15) is 5.75 Å². The number of pyridine rings is 1. The highest BCUT2D eigenvalue weighted by atomic mass is 19.1. The summed E-state index contributed by atoms with van der Waals surface area (Å²) in [6, 6.07) is 15.4. The van der Waals surface area contributed by atoms with Gasteiger partial charge in [-0.05, 0) is 67.9 Å². The number of β-amino-alcohol motifs (C(OH)–C–C–N with tert-alkyl or cyclic N) is 1. The van der Waals surface area contributed by atoms with E-state index in [4.69, 9.17) is 24.5 Å². The molecule has 0 bridgehead atoms. The van der Waals surface area contributed by atoms with Gasteiger partial charge in [0.2, 0.25) is 0 Å². The number of nitrogens with zero attached hydrogens (tertiary/aromatic N) is 2. The molecule has 0 saturated carbocycles. The van der Waals surface area contributed by atoms with E-state index < -0.39 is 18.0 Å². The maximum absolute atomic E-state index is 14.6. The Kier molecular flexibility index (Phi) is 9.07. The van der Waals surface area contributed by atoms with E-state index in [0.717, 1.165) is 53.7 Å². The first-order valence-corrected chi connectivity index (χ1v) is 12.5. The van der Waals surface area contributed by atoms with Crippen LogP contribution < -0.4 is 10.1 Å². The van der Waals surface area contributed by atoms with E-state index in [1.807, 2.05) is 42.5 Å². The molecule has 3 heterocycles. The topological polar surface area (TPSA) is 148 Å². The highest BCUT2D eigenvalue weighted by molar-refractivity contribution is 6.27. The van der Waals surface area contributed by atoms with E-state index in [1.165, 1.54) is 0 Å². The number of H-pyrrole nitrogens is 1. The number of piperidine rings is 1. The lowest BCUT2D eigenvalue weighted by atomic mass is 10.0. The van der Waals surface area contributed by atoms with Crippen LogP contribution in [0.1, 0.15) is 30.2 Å². The molecule has 0 unspecified atom stereocenters. The van der Waals surface area contributed by atoms with Gasteiger partial charge in [-0.2, -0.15) is 0 Å². The number of carboxylic acids is 2. The molecule has 0 amide bonds. The van der Waals surface area contributed by atoms with Crippen LogP contribution in [0.5, 0.6) is 5.75 Å². The number of benzene rings is 2. The van der Waals surface area contributed by atoms with Crippen LogP contribution in [0, 0.1) is 5.82 Å². The molecular weight excluding hydrogens is 507 g/mol. The number of fused-ring (bicyclic) bond motifs is 2. The largest absolute Gasteiger partial charge is 0.497 e. The van der Waals surface area contributed by atoms with Crippen molar-refractivity contribution in [1.82, 2.24) is 20.2 Å². The molecule has 1 fully saturated rings. The van der Waals surface area contributed by atoms with Gasteiger partial charge in [0.15, 0.2) is 5.82 Å². The second-order valence-corrected chi connectivity index (χ2v) is 9.33. The monoisotopic (exact) mass is 538 g/mol. The Morgan fingerprint density at radius 2 is 1.85 bits per heavy atom. The summed E-state index contributed by atoms with van der Waals surface area (Å²) in [5.41, 5.74) is 3.15. The standard InChI is InChI=1S/C26H29FN4O2.C2H2O4/c1-33-18-6-7-22-21(14-18)19(8-11-28-22)25(32)16-31-12-9-17(10-13-31)29-15-24-26(27)20-4-2-3-5-23(20)30-24;3-1(4)2(5)6/h2-8,11,14,17,25,29-30,32H,9-10,12-13,15-16H2,1H3;(H,3,4)(H,5,6)/t25-;/m0./s1. The predicted molar refractivity (Wildman–Crippen MR) is 143 cm³/mol. The first kappa shape index (κ1) is 28.0. The number of carboxylic acid groups (broad SMARTS) is 2. The fourth-order valence-corrected chi connectivity index (χ4v) is 4.76. The molecule has 2 aromatic carbocycles. The average Bonchev–Trinajstić information content (AvgIpc) is 3.27. The second-order valence-electron chi connectivity index (χ2n) is 9.33. The van der Waals surface area contributed by atoms with Crippen molar-refractivity contribution in [2.45, 2.75) is 31.5 Å². The van der Waals surface area contributed by atoms with Gasteiger partial charge >= 0.3 is 11.9 Å². The quantitative estimate of drug-likeness (QED) is 0.224. The molecule has 0 aliphatic carbocycles. The van der Waals surface area contributed by atoms with Gasteiger partial charge in [0, 0.05) is 41.6 Å². The van der Waals surface area contributed by atoms with Crippen molar-refractivity contribution in [3.63, 3.8) is 0 Å². The number of hydrogen-bond donors (Lipinski definition) is 5. The molecule has 0 spiro atoms. The van der Waals surface area contributed by atoms with E-state index >= 15 is 0 Å². The number of para-hydroxylation sites is 1. The van der Waals surface area contributed by atoms with Crippen molar-refractivity contribution in [1.29, 1.82) is 0 Å². The maximum atomic E-state index is 14.6. The maximum Gasteiger partial charge on any atom is 0.414 e. The lowest BCUT2D eigenvalue weighted by molar-refractivity contribution is -0.159. The zero-order chi connectivity index (χ0) is 27.9. The number of rotatable bonds is 7. The van der Waals surface area contributed by atoms with Crippen LogP contribution in [-0.2, 0) is 16.1 Å². The number of hydrogen-bond acceptors (Lipinski definition) is 7. The summed E-state index contributed by atoms with van der Waals surface area (Å²) in [6.45, 7) is 2.82. The Morgan fingerprint density at radius 1 is 1.13 bits per heavy atom. The predicted octanol–water partition coefficient (Wildman–Crippen LogP) is 3.31. The number of aliphatic hydroxyl groups is 1. The smallest absolute Gasteiger partial charge is 0.414 e. The number of aromatic amines is 1. The van der Waals surface area contributed by atoms with Crippen molar-refractivity contribution in [2.24, 2.45) is 0 Å². The van der Waals surface area contributed by atoms with Crippen LogP contribution in [0.15, 0.2) is 54.7 Å². The third-order valence-electron chi connectivity index (χ3n) is 6.82. The van der Waals surface area contributed by atoms with E-state index in [-0.39, 0.29) is 5.82 Å². The van der Waals surface area contributed by atoms with Gasteiger partial charge in [-0.1, -0.05) is 12.1 Å². The fourth-order valence-electron chi connectivity index (χ4n) is 4.76. The fraction of sp³-hybridized carbons (Fsp3) is 0.321. The van der Waals surface area contributed by atoms with Crippen LogP contribution in [0.25, 0.3) is 21.8 Å². The molecule has 39 heavy (non-hydrogen) atoms. The molecule has 2 aromatic heterocycles. The first-order chi connectivity index (χ1) is 18.8. The van der Waals surface area contributed by atoms with Gasteiger partial charge in [-0.3, -0.25) is 4.98 Å². The third kappa shape index (κ3) is 6.88. The van der Waals surface area contributed by atoms with Crippen molar-refractivity contribution in [2.75, 3.05) is 26.7 Å². The highest BCUT2D eigenvalue weighted by Gasteiger charge is 2.23. The summed E-state index contributed by atoms with van der Waals surface area (Å²) in [5, 5.41) is 30.8. The molecule has 10 nitrogen and oxygen atoms in total. The van der Waals surface area contributed by atoms with Crippen LogP contribution in [0.4, 0.5) is 4.39 Å². The summed E-state index contributed by atoms with van der Waals surface area (Å²) in [7, 11) is 1.64. The highest BCUT2D eigenvalue weighted by Crippen LogP contribution is 2.28. The van der Waals surface area contributed by atoms with Gasteiger partial charge in [-0.15, -0.1) is 0 Å². The molecule has 4 aromatic rings.